The number of rotatable bonds is 6. The van der Waals surface area contributed by atoms with Gasteiger partial charge in [-0.25, -0.2) is 0 Å². The van der Waals surface area contributed by atoms with E-state index in [9.17, 15) is 4.79 Å². The van der Waals surface area contributed by atoms with Crippen molar-refractivity contribution in [3.8, 4) is 0 Å². The van der Waals surface area contributed by atoms with Crippen molar-refractivity contribution in [3.05, 3.63) is 0 Å². The van der Waals surface area contributed by atoms with Gasteiger partial charge in [0.05, 0.1) is 13.2 Å². The zero-order chi connectivity index (χ0) is 11.8. The van der Waals surface area contributed by atoms with Crippen LogP contribution in [0.4, 0.5) is 0 Å². The molecule has 1 amide bonds. The predicted octanol–water partition coefficient (Wildman–Crippen LogP) is -0.500. The van der Waals surface area contributed by atoms with Gasteiger partial charge in [-0.1, -0.05) is 13.3 Å². The van der Waals surface area contributed by atoms with Crippen LogP contribution in [0.3, 0.4) is 0 Å². The van der Waals surface area contributed by atoms with Gasteiger partial charge in [-0.15, -0.1) is 0 Å². The van der Waals surface area contributed by atoms with Crippen molar-refractivity contribution in [2.75, 3.05) is 32.9 Å². The van der Waals surface area contributed by atoms with E-state index in [-0.39, 0.29) is 18.6 Å². The van der Waals surface area contributed by atoms with Crippen molar-refractivity contribution in [2.24, 2.45) is 5.92 Å². The fraction of sp³-hybridized carbons (Fsp3) is 0.909. The zero-order valence-electron chi connectivity index (χ0n) is 9.87. The van der Waals surface area contributed by atoms with E-state index in [0.29, 0.717) is 25.7 Å². The predicted molar refractivity (Wildman–Crippen MR) is 61.1 cm³/mol. The lowest BCUT2D eigenvalue weighted by atomic mass is 10.0. The molecule has 5 nitrogen and oxygen atoms in total. The average molecular weight is 230 g/mol. The van der Waals surface area contributed by atoms with Crippen molar-refractivity contribution in [2.45, 2.75) is 25.8 Å². The van der Waals surface area contributed by atoms with E-state index in [4.69, 9.17) is 9.84 Å². The summed E-state index contributed by atoms with van der Waals surface area (Å²) in [4.78, 5) is 11.7. The Hall–Kier alpha value is -0.650. The van der Waals surface area contributed by atoms with Crippen molar-refractivity contribution in [1.29, 1.82) is 0 Å². The summed E-state index contributed by atoms with van der Waals surface area (Å²) >= 11 is 0. The molecule has 5 heteroatoms. The zero-order valence-corrected chi connectivity index (χ0v) is 9.87. The highest BCUT2D eigenvalue weighted by Crippen LogP contribution is 2.05. The van der Waals surface area contributed by atoms with Crippen molar-refractivity contribution in [3.63, 3.8) is 0 Å². The second-order valence-corrected chi connectivity index (χ2v) is 4.11. The molecule has 2 unspecified atom stereocenters. The lowest BCUT2D eigenvalue weighted by molar-refractivity contribution is -0.126. The Labute approximate surface area is 96.6 Å². The first-order valence-electron chi connectivity index (χ1n) is 5.97. The molecule has 1 aliphatic heterocycles. The summed E-state index contributed by atoms with van der Waals surface area (Å²) in [5, 5.41) is 14.8. The van der Waals surface area contributed by atoms with Crippen LogP contribution in [0.2, 0.25) is 0 Å². The molecule has 1 heterocycles. The highest BCUT2D eigenvalue weighted by atomic mass is 16.5. The highest BCUT2D eigenvalue weighted by Gasteiger charge is 2.21. The number of hydrogen-bond donors (Lipinski definition) is 3. The summed E-state index contributed by atoms with van der Waals surface area (Å²) in [5.41, 5.74) is 0. The normalized spacial score (nSPS) is 22.8. The van der Waals surface area contributed by atoms with Crippen LogP contribution in [0.5, 0.6) is 0 Å². The third-order valence-corrected chi connectivity index (χ3v) is 2.92. The number of carbonyl (C=O) groups excluding carboxylic acids is 1. The van der Waals surface area contributed by atoms with Gasteiger partial charge < -0.3 is 20.5 Å². The molecule has 0 aliphatic carbocycles. The van der Waals surface area contributed by atoms with Crippen LogP contribution in [-0.2, 0) is 9.53 Å². The van der Waals surface area contributed by atoms with E-state index < -0.39 is 0 Å². The van der Waals surface area contributed by atoms with E-state index >= 15 is 0 Å². The number of hydrogen-bond acceptors (Lipinski definition) is 4. The number of carbonyl (C=O) groups is 1. The number of ether oxygens (including phenoxy) is 1. The van der Waals surface area contributed by atoms with Gasteiger partial charge in [0.1, 0.15) is 6.04 Å². The van der Waals surface area contributed by atoms with Crippen molar-refractivity contribution < 1.29 is 14.6 Å². The summed E-state index contributed by atoms with van der Waals surface area (Å²) in [6.07, 6.45) is 1.71. The van der Waals surface area contributed by atoms with Crippen LogP contribution >= 0.6 is 0 Å². The van der Waals surface area contributed by atoms with Gasteiger partial charge in [0.2, 0.25) is 5.91 Å². The molecule has 1 fully saturated rings. The summed E-state index contributed by atoms with van der Waals surface area (Å²) in [5.74, 6) is 0.356. The molecular formula is C11H22N2O3. The third kappa shape index (κ3) is 4.47. The monoisotopic (exact) mass is 230 g/mol. The van der Waals surface area contributed by atoms with Crippen molar-refractivity contribution in [1.82, 2.24) is 10.6 Å². The van der Waals surface area contributed by atoms with Crippen LogP contribution in [0, 0.1) is 5.92 Å². The molecule has 94 valence electrons. The van der Waals surface area contributed by atoms with Gasteiger partial charge in [-0.05, 0) is 12.3 Å². The third-order valence-electron chi connectivity index (χ3n) is 2.92. The van der Waals surface area contributed by atoms with Crippen LogP contribution in [-0.4, -0.2) is 50.0 Å². The number of aliphatic hydroxyl groups excluding tert-OH is 1. The molecule has 0 aromatic carbocycles. The SMILES string of the molecule is CCC(CCO)CNC(=O)C1COCCN1. The van der Waals surface area contributed by atoms with E-state index in [1.54, 1.807) is 0 Å². The maximum Gasteiger partial charge on any atom is 0.239 e. The standard InChI is InChI=1S/C11H22N2O3/c1-2-9(3-5-14)7-13-11(15)10-8-16-6-4-12-10/h9-10,12,14H,2-8H2,1H3,(H,13,15). The minimum atomic E-state index is -0.222. The highest BCUT2D eigenvalue weighted by molar-refractivity contribution is 5.81. The van der Waals surface area contributed by atoms with E-state index in [0.717, 1.165) is 19.4 Å². The van der Waals surface area contributed by atoms with E-state index in [1.165, 1.54) is 0 Å². The molecule has 16 heavy (non-hydrogen) atoms. The van der Waals surface area contributed by atoms with Gasteiger partial charge in [-0.3, -0.25) is 4.79 Å². The van der Waals surface area contributed by atoms with Crippen LogP contribution < -0.4 is 10.6 Å². The second kappa shape index (κ2) is 7.60. The Balaban J connectivity index is 2.22. The Morgan fingerprint density at radius 2 is 2.50 bits per heavy atom. The first-order valence-corrected chi connectivity index (χ1v) is 5.97. The maximum absolute atomic E-state index is 11.7. The fourth-order valence-electron chi connectivity index (χ4n) is 1.74. The van der Waals surface area contributed by atoms with Crippen LogP contribution in [0.15, 0.2) is 0 Å². The van der Waals surface area contributed by atoms with Crippen molar-refractivity contribution >= 4 is 5.91 Å². The fourth-order valence-corrected chi connectivity index (χ4v) is 1.74. The summed E-state index contributed by atoms with van der Waals surface area (Å²) in [7, 11) is 0. The topological polar surface area (TPSA) is 70.6 Å². The van der Waals surface area contributed by atoms with E-state index in [2.05, 4.69) is 17.6 Å². The maximum atomic E-state index is 11.7. The van der Waals surface area contributed by atoms with Gasteiger partial charge in [0, 0.05) is 19.7 Å². The quantitative estimate of drug-likeness (QED) is 0.575. The molecule has 0 radical (unpaired) electrons. The van der Waals surface area contributed by atoms with Gasteiger partial charge >= 0.3 is 0 Å². The molecule has 1 saturated heterocycles. The van der Waals surface area contributed by atoms with Gasteiger partial charge in [0.15, 0.2) is 0 Å². The number of amides is 1. The average Bonchev–Trinajstić information content (AvgIpc) is 2.35. The Morgan fingerprint density at radius 1 is 1.69 bits per heavy atom. The first kappa shape index (κ1) is 13.4. The Morgan fingerprint density at radius 3 is 3.06 bits per heavy atom. The lowest BCUT2D eigenvalue weighted by Crippen LogP contribution is -2.51. The molecule has 2 atom stereocenters. The minimum absolute atomic E-state index is 0.00362. The Kier molecular flexibility index (Phi) is 6.37. The molecule has 1 rings (SSSR count). The first-order chi connectivity index (χ1) is 7.77. The molecule has 0 aromatic heterocycles. The van der Waals surface area contributed by atoms with Crippen LogP contribution in [0.1, 0.15) is 19.8 Å². The molecule has 0 bridgehead atoms. The Bertz CT molecular complexity index is 205. The van der Waals surface area contributed by atoms with Gasteiger partial charge in [0.25, 0.3) is 0 Å². The molecule has 1 aliphatic rings. The second-order valence-electron chi connectivity index (χ2n) is 4.11. The molecule has 0 aromatic rings. The lowest BCUT2D eigenvalue weighted by Gasteiger charge is -2.24. The number of aliphatic hydroxyl groups is 1. The molecule has 0 saturated carbocycles. The largest absolute Gasteiger partial charge is 0.396 e. The smallest absolute Gasteiger partial charge is 0.239 e. The number of nitrogens with one attached hydrogen (secondary N) is 2. The molecule has 0 spiro atoms. The van der Waals surface area contributed by atoms with Gasteiger partial charge in [-0.2, -0.15) is 0 Å². The number of morpholine rings is 1. The molecular weight excluding hydrogens is 208 g/mol. The summed E-state index contributed by atoms with van der Waals surface area (Å²) < 4.78 is 5.22. The molecule has 3 N–H and O–H groups in total. The van der Waals surface area contributed by atoms with Crippen LogP contribution in [0.25, 0.3) is 0 Å². The summed E-state index contributed by atoms with van der Waals surface area (Å²) in [6.45, 7) is 4.72. The minimum Gasteiger partial charge on any atom is -0.396 e. The van der Waals surface area contributed by atoms with E-state index in [1.807, 2.05) is 0 Å². The summed E-state index contributed by atoms with van der Waals surface area (Å²) in [6, 6.07) is -0.222.